The van der Waals surface area contributed by atoms with Gasteiger partial charge in [-0.1, -0.05) is 43.1 Å². The Balaban J connectivity index is 2.29. The molecule has 1 aromatic heterocycles. The Hall–Kier alpha value is -1.85. The first-order valence-electron chi connectivity index (χ1n) is 8.32. The zero-order valence-corrected chi connectivity index (χ0v) is 16.2. The monoisotopic (exact) mass is 380 g/mol. The van der Waals surface area contributed by atoms with E-state index >= 15 is 0 Å². The number of aryl methyl sites for hydroxylation is 1. The number of rotatable bonds is 7. The summed E-state index contributed by atoms with van der Waals surface area (Å²) in [4.78, 5) is 23.5. The van der Waals surface area contributed by atoms with Gasteiger partial charge in [-0.05, 0) is 31.9 Å². The fourth-order valence-corrected chi connectivity index (χ4v) is 2.85. The molecule has 0 bridgehead atoms. The van der Waals surface area contributed by atoms with Crippen molar-refractivity contribution in [1.29, 1.82) is 0 Å². The zero-order chi connectivity index (χ0) is 18.4. The van der Waals surface area contributed by atoms with Crippen LogP contribution in [0.25, 0.3) is 0 Å². The predicted molar refractivity (Wildman–Crippen MR) is 104 cm³/mol. The molecule has 0 saturated carbocycles. The van der Waals surface area contributed by atoms with Crippen LogP contribution in [0.3, 0.4) is 0 Å². The number of carbonyl (C=O) groups is 1. The minimum atomic E-state index is -0.344. The molecule has 2 aromatic rings. The molecule has 0 saturated heterocycles. The van der Waals surface area contributed by atoms with E-state index in [2.05, 4.69) is 34.0 Å². The van der Waals surface area contributed by atoms with Crippen LogP contribution in [-0.4, -0.2) is 29.0 Å². The fraction of sp³-hybridized carbons (Fsp3) is 0.389. The molecular formula is C18H22Cl2N4O. The van der Waals surface area contributed by atoms with Crippen molar-refractivity contribution in [2.45, 2.75) is 33.6 Å². The lowest BCUT2D eigenvalue weighted by Gasteiger charge is -2.23. The standard InChI is InChI=1S/C18H22Cl2N4O/c1-4-9-24(10-5-2)16-11-15(21-12(3)22-16)18(25)23-14-8-6-7-13(19)17(14)20/h6-8,11H,4-5,9-10H2,1-3H3,(H,23,25). The van der Waals surface area contributed by atoms with Gasteiger partial charge in [0.05, 0.1) is 15.7 Å². The maximum atomic E-state index is 12.6. The molecule has 0 aliphatic rings. The van der Waals surface area contributed by atoms with Gasteiger partial charge in [-0.2, -0.15) is 0 Å². The topological polar surface area (TPSA) is 58.1 Å². The van der Waals surface area contributed by atoms with E-state index < -0.39 is 0 Å². The van der Waals surface area contributed by atoms with Gasteiger partial charge < -0.3 is 10.2 Å². The van der Waals surface area contributed by atoms with E-state index in [1.165, 1.54) is 0 Å². The van der Waals surface area contributed by atoms with Gasteiger partial charge in [-0.3, -0.25) is 4.79 Å². The number of nitrogens with one attached hydrogen (secondary N) is 1. The average molecular weight is 381 g/mol. The van der Waals surface area contributed by atoms with Gasteiger partial charge in [0.25, 0.3) is 5.91 Å². The fourth-order valence-electron chi connectivity index (χ4n) is 2.50. The normalized spacial score (nSPS) is 10.6. The molecule has 2 rings (SSSR count). The average Bonchev–Trinajstić information content (AvgIpc) is 2.58. The Labute approximate surface area is 158 Å². The van der Waals surface area contributed by atoms with E-state index in [0.29, 0.717) is 27.3 Å². The van der Waals surface area contributed by atoms with Gasteiger partial charge in [-0.25, -0.2) is 9.97 Å². The first-order chi connectivity index (χ1) is 12.0. The van der Waals surface area contributed by atoms with Crippen LogP contribution in [0.2, 0.25) is 10.0 Å². The van der Waals surface area contributed by atoms with E-state index in [1.54, 1.807) is 31.2 Å². The highest BCUT2D eigenvalue weighted by molar-refractivity contribution is 6.44. The van der Waals surface area contributed by atoms with Gasteiger partial charge in [0.1, 0.15) is 17.3 Å². The maximum Gasteiger partial charge on any atom is 0.274 e. The molecule has 0 spiro atoms. The van der Waals surface area contributed by atoms with Crippen molar-refractivity contribution in [2.24, 2.45) is 0 Å². The molecule has 7 heteroatoms. The summed E-state index contributed by atoms with van der Waals surface area (Å²) in [5, 5.41) is 3.45. The van der Waals surface area contributed by atoms with E-state index in [1.807, 2.05) is 0 Å². The summed E-state index contributed by atoms with van der Waals surface area (Å²) in [5.41, 5.74) is 0.756. The number of benzene rings is 1. The van der Waals surface area contributed by atoms with Crippen molar-refractivity contribution >= 4 is 40.6 Å². The van der Waals surface area contributed by atoms with Crippen molar-refractivity contribution < 1.29 is 4.79 Å². The third-order valence-corrected chi connectivity index (χ3v) is 4.39. The third kappa shape index (κ3) is 5.06. The van der Waals surface area contributed by atoms with Crippen LogP contribution >= 0.6 is 23.2 Å². The summed E-state index contributed by atoms with van der Waals surface area (Å²) < 4.78 is 0. The first-order valence-corrected chi connectivity index (χ1v) is 9.07. The summed E-state index contributed by atoms with van der Waals surface area (Å²) in [5.74, 6) is 0.972. The van der Waals surface area contributed by atoms with Crippen molar-refractivity contribution in [3.05, 3.63) is 45.8 Å². The lowest BCUT2D eigenvalue weighted by Crippen LogP contribution is -2.27. The molecular weight excluding hydrogens is 359 g/mol. The minimum absolute atomic E-state index is 0.302. The molecule has 0 radical (unpaired) electrons. The van der Waals surface area contributed by atoms with Crippen LogP contribution in [0.4, 0.5) is 11.5 Å². The molecule has 25 heavy (non-hydrogen) atoms. The summed E-state index contributed by atoms with van der Waals surface area (Å²) in [6.07, 6.45) is 2.01. The SMILES string of the molecule is CCCN(CCC)c1cc(C(=O)Nc2cccc(Cl)c2Cl)nc(C)n1. The van der Waals surface area contributed by atoms with Crippen molar-refractivity contribution in [3.63, 3.8) is 0 Å². The quantitative estimate of drug-likeness (QED) is 0.736. The Kier molecular flexibility index (Phi) is 7.02. The smallest absolute Gasteiger partial charge is 0.274 e. The number of aromatic nitrogens is 2. The highest BCUT2D eigenvalue weighted by atomic mass is 35.5. The van der Waals surface area contributed by atoms with Gasteiger partial charge in [0.2, 0.25) is 0 Å². The van der Waals surface area contributed by atoms with Gasteiger partial charge in [0, 0.05) is 19.2 Å². The number of nitrogens with zero attached hydrogens (tertiary/aromatic N) is 3. The predicted octanol–water partition coefficient (Wildman–Crippen LogP) is 4.97. The lowest BCUT2D eigenvalue weighted by atomic mass is 10.2. The summed E-state index contributed by atoms with van der Waals surface area (Å²) >= 11 is 12.1. The van der Waals surface area contributed by atoms with Crippen LogP contribution in [0.15, 0.2) is 24.3 Å². The van der Waals surface area contributed by atoms with Crippen LogP contribution < -0.4 is 10.2 Å². The Morgan fingerprint density at radius 2 is 1.84 bits per heavy atom. The van der Waals surface area contributed by atoms with Crippen molar-refractivity contribution in [2.75, 3.05) is 23.3 Å². The van der Waals surface area contributed by atoms with Gasteiger partial charge >= 0.3 is 0 Å². The molecule has 1 heterocycles. The number of amides is 1. The largest absolute Gasteiger partial charge is 0.357 e. The minimum Gasteiger partial charge on any atom is -0.357 e. The highest BCUT2D eigenvalue weighted by Gasteiger charge is 2.16. The van der Waals surface area contributed by atoms with Crippen LogP contribution in [-0.2, 0) is 0 Å². The van der Waals surface area contributed by atoms with Gasteiger partial charge in [0.15, 0.2) is 0 Å². The molecule has 0 unspecified atom stereocenters. The van der Waals surface area contributed by atoms with Gasteiger partial charge in [-0.15, -0.1) is 0 Å². The molecule has 1 N–H and O–H groups in total. The zero-order valence-electron chi connectivity index (χ0n) is 14.6. The number of hydrogen-bond acceptors (Lipinski definition) is 4. The molecule has 0 fully saturated rings. The molecule has 5 nitrogen and oxygen atoms in total. The van der Waals surface area contributed by atoms with E-state index in [9.17, 15) is 4.79 Å². The molecule has 0 aliphatic heterocycles. The maximum absolute atomic E-state index is 12.6. The highest BCUT2D eigenvalue weighted by Crippen LogP contribution is 2.29. The second-order valence-corrected chi connectivity index (χ2v) is 6.49. The van der Waals surface area contributed by atoms with Crippen LogP contribution in [0.5, 0.6) is 0 Å². The first kappa shape index (κ1) is 19.5. The van der Waals surface area contributed by atoms with Crippen LogP contribution in [0, 0.1) is 6.92 Å². The summed E-state index contributed by atoms with van der Waals surface area (Å²) in [6, 6.07) is 6.80. The molecule has 0 atom stereocenters. The third-order valence-electron chi connectivity index (χ3n) is 3.57. The molecule has 1 aromatic carbocycles. The molecule has 1 amide bonds. The number of anilines is 2. The Bertz CT molecular complexity index is 746. The van der Waals surface area contributed by atoms with Crippen molar-refractivity contribution in [1.82, 2.24) is 9.97 Å². The lowest BCUT2D eigenvalue weighted by molar-refractivity contribution is 0.102. The van der Waals surface area contributed by atoms with E-state index in [-0.39, 0.29) is 5.91 Å². The Morgan fingerprint density at radius 3 is 2.48 bits per heavy atom. The molecule has 0 aliphatic carbocycles. The van der Waals surface area contributed by atoms with E-state index in [0.717, 1.165) is 31.7 Å². The number of hydrogen-bond donors (Lipinski definition) is 1. The Morgan fingerprint density at radius 1 is 1.16 bits per heavy atom. The van der Waals surface area contributed by atoms with Crippen molar-refractivity contribution in [3.8, 4) is 0 Å². The van der Waals surface area contributed by atoms with Crippen LogP contribution in [0.1, 0.15) is 43.0 Å². The summed E-state index contributed by atoms with van der Waals surface area (Å²) in [6.45, 7) is 7.77. The second kappa shape index (κ2) is 9.02. The summed E-state index contributed by atoms with van der Waals surface area (Å²) in [7, 11) is 0. The molecule has 134 valence electrons. The number of carbonyl (C=O) groups excluding carboxylic acids is 1. The van der Waals surface area contributed by atoms with E-state index in [4.69, 9.17) is 23.2 Å². The second-order valence-electron chi connectivity index (χ2n) is 5.70. The number of halogens is 2.